The van der Waals surface area contributed by atoms with Gasteiger partial charge in [0.15, 0.2) is 0 Å². The second kappa shape index (κ2) is 4.92. The largest absolute Gasteiger partial charge is 0.387 e. The van der Waals surface area contributed by atoms with Gasteiger partial charge in [-0.25, -0.2) is 0 Å². The number of fused-ring (bicyclic) bond motifs is 1. The lowest BCUT2D eigenvalue weighted by Crippen LogP contribution is -2.20. The smallest absolute Gasteiger partial charge is 0.252 e. The molecule has 3 heterocycles. The number of aliphatic hydroxyl groups is 1. The molecule has 2 aromatic heterocycles. The summed E-state index contributed by atoms with van der Waals surface area (Å²) in [5.41, 5.74) is 7.67. The average Bonchev–Trinajstić information content (AvgIpc) is 2.73. The number of carbonyl (C=O) groups excluding carboxylic acids is 1. The Kier molecular flexibility index (Phi) is 3.23. The van der Waals surface area contributed by atoms with Gasteiger partial charge >= 0.3 is 0 Å². The molecule has 104 valence electrons. The first-order valence-corrected chi connectivity index (χ1v) is 6.79. The second-order valence-corrected chi connectivity index (χ2v) is 5.22. The van der Waals surface area contributed by atoms with E-state index >= 15 is 0 Å². The quantitative estimate of drug-likeness (QED) is 0.889. The predicted molar refractivity (Wildman–Crippen MR) is 75.4 cm³/mol. The summed E-state index contributed by atoms with van der Waals surface area (Å²) in [6, 6.07) is 3.67. The first kappa shape index (κ1) is 13.1. The number of hydrogen-bond acceptors (Lipinski definition) is 3. The molecule has 1 aliphatic heterocycles. The standard InChI is InChI=1S/C14H14ClN3O2/c15-11-10(14(16)20)13-9(19)4-2-6-18(13)12(11)8-3-1-5-17-7-8/h1,3,5,7,9,19H,2,4,6H2,(H2,16,20)/t9-/m1/s1. The molecule has 0 saturated heterocycles. The van der Waals surface area contributed by atoms with Gasteiger partial charge in [-0.2, -0.15) is 0 Å². The summed E-state index contributed by atoms with van der Waals surface area (Å²) < 4.78 is 1.88. The van der Waals surface area contributed by atoms with Crippen molar-refractivity contribution in [3.63, 3.8) is 0 Å². The Hall–Kier alpha value is -1.85. The van der Waals surface area contributed by atoms with Crippen LogP contribution in [0.4, 0.5) is 0 Å². The van der Waals surface area contributed by atoms with Gasteiger partial charge in [0.1, 0.15) is 0 Å². The average molecular weight is 292 g/mol. The predicted octanol–water partition coefficient (Wildman–Crippen LogP) is 2.13. The topological polar surface area (TPSA) is 81.1 Å². The van der Waals surface area contributed by atoms with Crippen LogP contribution in [0.25, 0.3) is 11.3 Å². The third-order valence-electron chi connectivity index (χ3n) is 3.60. The summed E-state index contributed by atoms with van der Waals surface area (Å²) in [6.45, 7) is 0.698. The maximum absolute atomic E-state index is 11.7. The van der Waals surface area contributed by atoms with Crippen LogP contribution in [0.1, 0.15) is 35.0 Å². The zero-order valence-corrected chi connectivity index (χ0v) is 11.5. The Bertz CT molecular complexity index is 667. The van der Waals surface area contributed by atoms with Crippen molar-refractivity contribution in [2.75, 3.05) is 0 Å². The fourth-order valence-electron chi connectivity index (χ4n) is 2.78. The molecule has 0 unspecified atom stereocenters. The van der Waals surface area contributed by atoms with Gasteiger partial charge in [0.25, 0.3) is 5.91 Å². The van der Waals surface area contributed by atoms with Crippen molar-refractivity contribution < 1.29 is 9.90 Å². The molecule has 20 heavy (non-hydrogen) atoms. The van der Waals surface area contributed by atoms with E-state index in [-0.39, 0.29) is 5.56 Å². The Labute approximate surface area is 121 Å². The number of aliphatic hydroxyl groups excluding tert-OH is 1. The van der Waals surface area contributed by atoms with Gasteiger partial charge in [0.05, 0.1) is 28.1 Å². The van der Waals surface area contributed by atoms with Crippen molar-refractivity contribution in [3.8, 4) is 11.3 Å². The van der Waals surface area contributed by atoms with Crippen molar-refractivity contribution in [2.45, 2.75) is 25.5 Å². The van der Waals surface area contributed by atoms with E-state index in [1.807, 2.05) is 10.6 Å². The minimum absolute atomic E-state index is 0.220. The fourth-order valence-corrected chi connectivity index (χ4v) is 3.18. The maximum atomic E-state index is 11.7. The molecule has 5 nitrogen and oxygen atoms in total. The van der Waals surface area contributed by atoms with Crippen molar-refractivity contribution in [1.29, 1.82) is 0 Å². The maximum Gasteiger partial charge on any atom is 0.252 e. The number of rotatable bonds is 2. The van der Waals surface area contributed by atoms with Crippen LogP contribution >= 0.6 is 11.6 Å². The van der Waals surface area contributed by atoms with E-state index < -0.39 is 12.0 Å². The van der Waals surface area contributed by atoms with E-state index in [1.165, 1.54) is 0 Å². The molecular formula is C14H14ClN3O2. The third kappa shape index (κ3) is 1.90. The first-order chi connectivity index (χ1) is 9.61. The molecule has 2 aromatic rings. The van der Waals surface area contributed by atoms with Crippen LogP contribution in [-0.4, -0.2) is 20.6 Å². The minimum Gasteiger partial charge on any atom is -0.387 e. The van der Waals surface area contributed by atoms with Gasteiger partial charge in [0.2, 0.25) is 0 Å². The Morgan fingerprint density at radius 2 is 2.35 bits per heavy atom. The number of amides is 1. The lowest BCUT2D eigenvalue weighted by molar-refractivity contribution is 0.0983. The summed E-state index contributed by atoms with van der Waals surface area (Å²) in [7, 11) is 0. The molecule has 6 heteroatoms. The van der Waals surface area contributed by atoms with Gasteiger partial charge in [-0.15, -0.1) is 0 Å². The molecule has 1 amide bonds. The SMILES string of the molecule is NC(=O)c1c(Cl)c(-c2cccnc2)n2c1[C@H](O)CCC2. The highest BCUT2D eigenvalue weighted by molar-refractivity contribution is 6.36. The molecule has 0 bridgehead atoms. The summed E-state index contributed by atoms with van der Waals surface area (Å²) in [5, 5.41) is 10.5. The highest BCUT2D eigenvalue weighted by atomic mass is 35.5. The van der Waals surface area contributed by atoms with Crippen molar-refractivity contribution >= 4 is 17.5 Å². The summed E-state index contributed by atoms with van der Waals surface area (Å²) in [4.78, 5) is 15.8. The zero-order valence-electron chi connectivity index (χ0n) is 10.7. The number of halogens is 1. The molecule has 1 aliphatic rings. The van der Waals surface area contributed by atoms with Crippen molar-refractivity contribution in [3.05, 3.63) is 40.8 Å². The Morgan fingerprint density at radius 1 is 1.55 bits per heavy atom. The van der Waals surface area contributed by atoms with E-state index in [9.17, 15) is 9.90 Å². The normalized spacial score (nSPS) is 17.8. The van der Waals surface area contributed by atoms with E-state index in [0.717, 1.165) is 12.0 Å². The molecule has 0 radical (unpaired) electrons. The summed E-state index contributed by atoms with van der Waals surface area (Å²) in [6.07, 6.45) is 4.06. The highest BCUT2D eigenvalue weighted by Gasteiger charge is 2.31. The van der Waals surface area contributed by atoms with Gasteiger partial charge < -0.3 is 15.4 Å². The van der Waals surface area contributed by atoms with Gasteiger partial charge in [-0.1, -0.05) is 11.6 Å². The van der Waals surface area contributed by atoms with E-state index in [1.54, 1.807) is 18.5 Å². The number of hydrogen-bond donors (Lipinski definition) is 2. The summed E-state index contributed by atoms with van der Waals surface area (Å²) >= 11 is 6.35. The van der Waals surface area contributed by atoms with E-state index in [4.69, 9.17) is 17.3 Å². The molecule has 1 atom stereocenters. The molecule has 0 spiro atoms. The van der Waals surface area contributed by atoms with E-state index in [0.29, 0.717) is 29.4 Å². The number of pyridine rings is 1. The molecule has 3 N–H and O–H groups in total. The number of nitrogens with two attached hydrogens (primary N) is 1. The molecular weight excluding hydrogens is 278 g/mol. The Balaban J connectivity index is 2.31. The number of carbonyl (C=O) groups is 1. The van der Waals surface area contributed by atoms with E-state index in [2.05, 4.69) is 4.98 Å². The fraction of sp³-hybridized carbons (Fsp3) is 0.286. The van der Waals surface area contributed by atoms with Crippen LogP contribution in [0.15, 0.2) is 24.5 Å². The van der Waals surface area contributed by atoms with Crippen LogP contribution in [0.5, 0.6) is 0 Å². The molecule has 0 aliphatic carbocycles. The number of aromatic nitrogens is 2. The molecule has 3 rings (SSSR count). The van der Waals surface area contributed by atoms with Crippen LogP contribution in [0.2, 0.25) is 5.02 Å². The van der Waals surface area contributed by atoms with Gasteiger partial charge in [-0.05, 0) is 25.0 Å². The lowest BCUT2D eigenvalue weighted by atomic mass is 10.0. The Morgan fingerprint density at radius 3 is 3.00 bits per heavy atom. The second-order valence-electron chi connectivity index (χ2n) is 4.84. The molecule has 0 fully saturated rings. The van der Waals surface area contributed by atoms with Crippen molar-refractivity contribution in [2.24, 2.45) is 5.73 Å². The lowest BCUT2D eigenvalue weighted by Gasteiger charge is -2.23. The minimum atomic E-state index is -0.714. The van der Waals surface area contributed by atoms with Crippen LogP contribution in [-0.2, 0) is 6.54 Å². The monoisotopic (exact) mass is 291 g/mol. The van der Waals surface area contributed by atoms with Crippen LogP contribution in [0.3, 0.4) is 0 Å². The van der Waals surface area contributed by atoms with Crippen molar-refractivity contribution in [1.82, 2.24) is 9.55 Å². The van der Waals surface area contributed by atoms with Gasteiger partial charge in [-0.3, -0.25) is 9.78 Å². The van der Waals surface area contributed by atoms with Gasteiger partial charge in [0, 0.05) is 24.5 Å². The third-order valence-corrected chi connectivity index (χ3v) is 3.97. The van der Waals surface area contributed by atoms with Crippen LogP contribution < -0.4 is 5.73 Å². The first-order valence-electron chi connectivity index (χ1n) is 6.41. The zero-order chi connectivity index (χ0) is 14.3. The molecule has 0 aromatic carbocycles. The number of primary amides is 1. The molecule has 0 saturated carbocycles. The number of nitrogens with zero attached hydrogens (tertiary/aromatic N) is 2. The van der Waals surface area contributed by atoms with Crippen LogP contribution in [0, 0.1) is 0 Å². The summed E-state index contributed by atoms with van der Waals surface area (Å²) in [5.74, 6) is -0.616. The highest BCUT2D eigenvalue weighted by Crippen LogP contribution is 2.41.